The number of β-amino-alcohol motifs (C(OH)–C–C–N with tert-alkyl or cyclic N) is 1. The molecule has 2 N–H and O–H groups in total. The summed E-state index contributed by atoms with van der Waals surface area (Å²) in [5.41, 5.74) is 0.436. The van der Waals surface area contributed by atoms with Crippen molar-refractivity contribution in [1.82, 2.24) is 9.97 Å². The van der Waals surface area contributed by atoms with Gasteiger partial charge in [-0.15, -0.1) is 0 Å². The van der Waals surface area contributed by atoms with Gasteiger partial charge in [-0.2, -0.15) is 0 Å². The molecule has 1 atom stereocenters. The summed E-state index contributed by atoms with van der Waals surface area (Å²) in [5, 5.41) is 13.4. The molecule has 0 spiro atoms. The molecular formula is C15H26N4O. The van der Waals surface area contributed by atoms with Crippen LogP contribution in [0.25, 0.3) is 0 Å². The van der Waals surface area contributed by atoms with E-state index in [2.05, 4.69) is 22.1 Å². The van der Waals surface area contributed by atoms with Crippen molar-refractivity contribution < 1.29 is 5.11 Å². The molecule has 112 valence electrons. The fourth-order valence-corrected chi connectivity index (χ4v) is 2.84. The molecule has 1 aromatic heterocycles. The van der Waals surface area contributed by atoms with E-state index in [0.29, 0.717) is 6.54 Å². The number of piperidine rings is 1. The van der Waals surface area contributed by atoms with Gasteiger partial charge in [0.15, 0.2) is 0 Å². The van der Waals surface area contributed by atoms with Crippen LogP contribution >= 0.6 is 0 Å². The van der Waals surface area contributed by atoms with Crippen molar-refractivity contribution >= 4 is 11.6 Å². The summed E-state index contributed by atoms with van der Waals surface area (Å²) in [7, 11) is 1.89. The van der Waals surface area contributed by atoms with E-state index in [1.807, 2.05) is 20.9 Å². The van der Waals surface area contributed by atoms with Crippen LogP contribution in [0.3, 0.4) is 0 Å². The molecule has 2 rings (SSSR count). The highest BCUT2D eigenvalue weighted by Gasteiger charge is 2.30. The van der Waals surface area contributed by atoms with E-state index in [1.165, 1.54) is 0 Å². The zero-order valence-corrected chi connectivity index (χ0v) is 13.0. The first-order chi connectivity index (χ1) is 9.46. The van der Waals surface area contributed by atoms with Crippen LogP contribution in [-0.4, -0.2) is 40.8 Å². The van der Waals surface area contributed by atoms with Crippen molar-refractivity contribution in [2.75, 3.05) is 30.4 Å². The number of rotatable bonds is 4. The molecule has 0 bridgehead atoms. The Balaban J connectivity index is 2.36. The average molecular weight is 278 g/mol. The number of hydrogen-bond donors (Lipinski definition) is 2. The van der Waals surface area contributed by atoms with E-state index < -0.39 is 5.60 Å². The molecular weight excluding hydrogens is 252 g/mol. The van der Waals surface area contributed by atoms with Crippen molar-refractivity contribution in [3.8, 4) is 0 Å². The Hall–Kier alpha value is -1.36. The molecule has 1 aromatic rings. The summed E-state index contributed by atoms with van der Waals surface area (Å²) < 4.78 is 0. The highest BCUT2D eigenvalue weighted by atomic mass is 16.3. The molecule has 0 amide bonds. The highest BCUT2D eigenvalue weighted by molar-refractivity contribution is 5.58. The molecule has 1 aliphatic heterocycles. The smallest absolute Gasteiger partial charge is 0.137 e. The second kappa shape index (κ2) is 5.95. The first-order valence-electron chi connectivity index (χ1n) is 7.49. The van der Waals surface area contributed by atoms with E-state index in [1.54, 1.807) is 0 Å². The van der Waals surface area contributed by atoms with E-state index in [0.717, 1.165) is 55.3 Å². The lowest BCUT2D eigenvalue weighted by molar-refractivity contribution is 0.0446. The predicted octanol–water partition coefficient (Wildman–Crippen LogP) is 2.13. The third-order valence-electron chi connectivity index (χ3n) is 3.85. The Morgan fingerprint density at radius 3 is 2.75 bits per heavy atom. The normalized spacial score (nSPS) is 22.9. The van der Waals surface area contributed by atoms with Gasteiger partial charge in [-0.05, 0) is 33.1 Å². The number of nitrogens with one attached hydrogen (secondary N) is 1. The first-order valence-corrected chi connectivity index (χ1v) is 7.49. The zero-order chi connectivity index (χ0) is 14.8. The lowest BCUT2D eigenvalue weighted by atomic mass is 9.95. The van der Waals surface area contributed by atoms with Gasteiger partial charge >= 0.3 is 0 Å². The molecule has 0 saturated carbocycles. The van der Waals surface area contributed by atoms with Gasteiger partial charge in [-0.3, -0.25) is 0 Å². The molecule has 1 fully saturated rings. The summed E-state index contributed by atoms with van der Waals surface area (Å²) >= 11 is 0. The van der Waals surface area contributed by atoms with Gasteiger partial charge in [0.05, 0.1) is 5.60 Å². The summed E-state index contributed by atoms with van der Waals surface area (Å²) in [5.74, 6) is 2.74. The summed E-state index contributed by atoms with van der Waals surface area (Å²) in [6.07, 6.45) is 3.76. The van der Waals surface area contributed by atoms with Crippen molar-refractivity contribution in [2.45, 2.75) is 52.1 Å². The first kappa shape index (κ1) is 15.0. The maximum absolute atomic E-state index is 10.3. The van der Waals surface area contributed by atoms with Crippen LogP contribution in [0.4, 0.5) is 11.6 Å². The number of aryl methyl sites for hydroxylation is 1. The quantitative estimate of drug-likeness (QED) is 0.883. The molecule has 0 radical (unpaired) electrons. The maximum atomic E-state index is 10.3. The molecule has 20 heavy (non-hydrogen) atoms. The molecule has 0 aliphatic carbocycles. The van der Waals surface area contributed by atoms with Crippen molar-refractivity contribution in [3.05, 3.63) is 11.4 Å². The monoisotopic (exact) mass is 278 g/mol. The fourth-order valence-electron chi connectivity index (χ4n) is 2.84. The molecule has 1 saturated heterocycles. The van der Waals surface area contributed by atoms with E-state index in [-0.39, 0.29) is 0 Å². The van der Waals surface area contributed by atoms with E-state index >= 15 is 0 Å². The number of hydrogen-bond acceptors (Lipinski definition) is 5. The van der Waals surface area contributed by atoms with Gasteiger partial charge < -0.3 is 15.3 Å². The third-order valence-corrected chi connectivity index (χ3v) is 3.85. The van der Waals surface area contributed by atoms with Crippen LogP contribution in [0.2, 0.25) is 0 Å². The fraction of sp³-hybridized carbons (Fsp3) is 0.733. The molecule has 1 aliphatic rings. The maximum Gasteiger partial charge on any atom is 0.137 e. The van der Waals surface area contributed by atoms with Gasteiger partial charge in [-0.1, -0.05) is 6.92 Å². The number of anilines is 2. The Bertz CT molecular complexity index is 473. The van der Waals surface area contributed by atoms with Gasteiger partial charge in [0, 0.05) is 32.1 Å². The minimum Gasteiger partial charge on any atom is -0.388 e. The van der Waals surface area contributed by atoms with Crippen LogP contribution in [0, 0.1) is 6.92 Å². The Morgan fingerprint density at radius 2 is 2.15 bits per heavy atom. The largest absolute Gasteiger partial charge is 0.388 e. The van der Waals surface area contributed by atoms with Gasteiger partial charge in [0.25, 0.3) is 0 Å². The Morgan fingerprint density at radius 1 is 1.40 bits per heavy atom. The van der Waals surface area contributed by atoms with E-state index in [9.17, 15) is 5.11 Å². The topological polar surface area (TPSA) is 61.3 Å². The van der Waals surface area contributed by atoms with E-state index in [4.69, 9.17) is 4.98 Å². The summed E-state index contributed by atoms with van der Waals surface area (Å²) in [4.78, 5) is 11.5. The van der Waals surface area contributed by atoms with Crippen molar-refractivity contribution in [1.29, 1.82) is 0 Å². The predicted molar refractivity (Wildman–Crippen MR) is 82.4 cm³/mol. The standard InChI is InChI=1S/C15H26N4O/c1-5-7-12-17-13(16-4)11(2)14(18-12)19-9-6-8-15(3,20)10-19/h20H,5-10H2,1-4H3,(H,16,17,18). The lowest BCUT2D eigenvalue weighted by Gasteiger charge is -2.38. The molecule has 1 unspecified atom stereocenters. The van der Waals surface area contributed by atoms with Gasteiger partial charge in [0.1, 0.15) is 17.5 Å². The third kappa shape index (κ3) is 3.20. The number of aromatic nitrogens is 2. The number of nitrogens with zero attached hydrogens (tertiary/aromatic N) is 3. The average Bonchev–Trinajstić information content (AvgIpc) is 2.39. The summed E-state index contributed by atoms with van der Waals surface area (Å²) in [6.45, 7) is 7.66. The minimum absolute atomic E-state index is 0.625. The van der Waals surface area contributed by atoms with Crippen LogP contribution in [-0.2, 0) is 6.42 Å². The van der Waals surface area contributed by atoms with Gasteiger partial charge in [0.2, 0.25) is 0 Å². The second-order valence-electron chi connectivity index (χ2n) is 5.96. The SMILES string of the molecule is CCCc1nc(NC)c(C)c(N2CCCC(C)(O)C2)n1. The van der Waals surface area contributed by atoms with Crippen LogP contribution < -0.4 is 10.2 Å². The second-order valence-corrected chi connectivity index (χ2v) is 5.96. The lowest BCUT2D eigenvalue weighted by Crippen LogP contribution is -2.46. The summed E-state index contributed by atoms with van der Waals surface area (Å²) in [6, 6.07) is 0. The van der Waals surface area contributed by atoms with Crippen LogP contribution in [0.1, 0.15) is 44.5 Å². The van der Waals surface area contributed by atoms with Crippen molar-refractivity contribution in [2.24, 2.45) is 0 Å². The van der Waals surface area contributed by atoms with Crippen LogP contribution in [0.15, 0.2) is 0 Å². The van der Waals surface area contributed by atoms with Gasteiger partial charge in [-0.25, -0.2) is 9.97 Å². The molecule has 5 heteroatoms. The zero-order valence-electron chi connectivity index (χ0n) is 13.0. The highest BCUT2D eigenvalue weighted by Crippen LogP contribution is 2.29. The Labute approximate surface area is 121 Å². The molecule has 5 nitrogen and oxygen atoms in total. The Kier molecular flexibility index (Phi) is 4.48. The van der Waals surface area contributed by atoms with Crippen molar-refractivity contribution in [3.63, 3.8) is 0 Å². The molecule has 2 heterocycles. The minimum atomic E-state index is -0.625. The van der Waals surface area contributed by atoms with Crippen LogP contribution in [0.5, 0.6) is 0 Å². The molecule has 0 aromatic carbocycles. The number of aliphatic hydroxyl groups is 1.